The summed E-state index contributed by atoms with van der Waals surface area (Å²) in [5.74, 6) is 0.0280. The van der Waals surface area contributed by atoms with Crippen molar-refractivity contribution in [1.82, 2.24) is 10.3 Å². The Morgan fingerprint density at radius 3 is 1.26 bits per heavy atom. The molecule has 1 N–H and O–H groups in total. The van der Waals surface area contributed by atoms with Crippen LogP contribution < -0.4 is 5.43 Å². The Kier molecular flexibility index (Phi) is 35.9. The summed E-state index contributed by atoms with van der Waals surface area (Å²) in [6.07, 6.45) is 51.6. The standard InChI is InChI=1S/C42H77N3O/c1-5-7-9-11-13-15-17-19-21-23-25-27-29-31-33-35-37-41(43-44-42(46)39-40-45(3)4)38-36-34-32-30-28-26-24-22-20-18-16-14-12-10-8-6-2/h13-16,19-22H,5-12,17-18,23-40H2,1-4H3,(H,44,46)/b15-13-,16-14-,21-19-,22-20-. The van der Waals surface area contributed by atoms with Gasteiger partial charge in [-0.05, 0) is 104 Å². The molecule has 0 fully saturated rings. The average molecular weight is 640 g/mol. The minimum absolute atomic E-state index is 0.0280. The van der Waals surface area contributed by atoms with Crippen LogP contribution in [-0.4, -0.2) is 37.2 Å². The normalized spacial score (nSPS) is 12.1. The highest BCUT2D eigenvalue weighted by atomic mass is 16.2. The number of carbonyl (C=O) groups is 1. The monoisotopic (exact) mass is 640 g/mol. The molecule has 0 saturated carbocycles. The number of nitrogens with zero attached hydrogens (tertiary/aromatic N) is 2. The van der Waals surface area contributed by atoms with E-state index in [0.29, 0.717) is 6.42 Å². The molecule has 0 aromatic carbocycles. The Labute approximate surface area is 287 Å². The van der Waals surface area contributed by atoms with E-state index in [1.54, 1.807) is 0 Å². The lowest BCUT2D eigenvalue weighted by molar-refractivity contribution is -0.121. The molecule has 0 aliphatic heterocycles. The molecule has 46 heavy (non-hydrogen) atoms. The van der Waals surface area contributed by atoms with Crippen molar-refractivity contribution in [2.45, 2.75) is 187 Å². The van der Waals surface area contributed by atoms with Crippen LogP contribution in [0.25, 0.3) is 0 Å². The third-order valence-electron chi connectivity index (χ3n) is 8.46. The van der Waals surface area contributed by atoms with Gasteiger partial charge in [-0.1, -0.05) is 140 Å². The maximum Gasteiger partial charge on any atom is 0.241 e. The molecule has 0 aromatic heterocycles. The molecule has 0 bridgehead atoms. The van der Waals surface area contributed by atoms with Gasteiger partial charge in [0.1, 0.15) is 0 Å². The van der Waals surface area contributed by atoms with Gasteiger partial charge in [0.05, 0.1) is 0 Å². The number of rotatable bonds is 34. The maximum absolute atomic E-state index is 12.2. The molecule has 0 aliphatic carbocycles. The van der Waals surface area contributed by atoms with Crippen LogP contribution in [0, 0.1) is 0 Å². The van der Waals surface area contributed by atoms with Crippen molar-refractivity contribution in [2.24, 2.45) is 5.10 Å². The minimum Gasteiger partial charge on any atom is -0.309 e. The average Bonchev–Trinajstić information content (AvgIpc) is 3.05. The summed E-state index contributed by atoms with van der Waals surface area (Å²) in [6.45, 7) is 5.28. The predicted molar refractivity (Wildman–Crippen MR) is 207 cm³/mol. The Bertz CT molecular complexity index is 743. The highest BCUT2D eigenvalue weighted by molar-refractivity contribution is 5.86. The van der Waals surface area contributed by atoms with Crippen LogP contribution in [-0.2, 0) is 4.79 Å². The van der Waals surface area contributed by atoms with E-state index >= 15 is 0 Å². The summed E-state index contributed by atoms with van der Waals surface area (Å²) in [5.41, 5.74) is 4.04. The molecule has 266 valence electrons. The van der Waals surface area contributed by atoms with E-state index in [1.165, 1.54) is 147 Å². The van der Waals surface area contributed by atoms with Gasteiger partial charge in [0, 0.05) is 18.7 Å². The zero-order chi connectivity index (χ0) is 33.6. The van der Waals surface area contributed by atoms with Crippen molar-refractivity contribution in [2.75, 3.05) is 20.6 Å². The molecule has 0 radical (unpaired) electrons. The summed E-state index contributed by atoms with van der Waals surface area (Å²) in [5, 5.41) is 4.59. The summed E-state index contributed by atoms with van der Waals surface area (Å²) in [7, 11) is 4.00. The molecule has 0 saturated heterocycles. The fourth-order valence-electron chi connectivity index (χ4n) is 5.39. The van der Waals surface area contributed by atoms with Gasteiger partial charge in [0.25, 0.3) is 0 Å². The first kappa shape index (κ1) is 44.1. The lowest BCUT2D eigenvalue weighted by Gasteiger charge is -2.10. The Morgan fingerprint density at radius 1 is 0.500 bits per heavy atom. The van der Waals surface area contributed by atoms with Gasteiger partial charge in [-0.2, -0.15) is 5.10 Å². The maximum atomic E-state index is 12.2. The van der Waals surface area contributed by atoms with Gasteiger partial charge < -0.3 is 4.90 Å². The number of carbonyl (C=O) groups excluding carboxylic acids is 1. The number of unbranched alkanes of at least 4 members (excludes halogenated alkanes) is 18. The molecular weight excluding hydrogens is 562 g/mol. The third kappa shape index (κ3) is 36.5. The first-order valence-electron chi connectivity index (χ1n) is 19.7. The van der Waals surface area contributed by atoms with Gasteiger partial charge in [-0.3, -0.25) is 4.79 Å². The highest BCUT2D eigenvalue weighted by Crippen LogP contribution is 2.14. The van der Waals surface area contributed by atoms with E-state index in [0.717, 1.165) is 32.2 Å². The van der Waals surface area contributed by atoms with Crippen molar-refractivity contribution in [3.63, 3.8) is 0 Å². The van der Waals surface area contributed by atoms with Gasteiger partial charge in [0.15, 0.2) is 0 Å². The second-order valence-corrected chi connectivity index (χ2v) is 13.4. The molecule has 0 unspecified atom stereocenters. The van der Waals surface area contributed by atoms with Gasteiger partial charge in [-0.25, -0.2) is 5.43 Å². The van der Waals surface area contributed by atoms with Crippen molar-refractivity contribution >= 4 is 11.6 Å². The number of nitrogens with one attached hydrogen (secondary N) is 1. The Hall–Kier alpha value is -1.94. The second-order valence-electron chi connectivity index (χ2n) is 13.4. The molecule has 0 aromatic rings. The van der Waals surface area contributed by atoms with Crippen molar-refractivity contribution in [3.05, 3.63) is 48.6 Å². The van der Waals surface area contributed by atoms with Crippen LogP contribution in [0.3, 0.4) is 0 Å². The first-order valence-corrected chi connectivity index (χ1v) is 19.7. The lowest BCUT2D eigenvalue weighted by Crippen LogP contribution is -2.24. The van der Waals surface area contributed by atoms with E-state index in [-0.39, 0.29) is 5.91 Å². The zero-order valence-corrected chi connectivity index (χ0v) is 31.2. The van der Waals surface area contributed by atoms with Gasteiger partial charge in [0.2, 0.25) is 5.91 Å². The fourth-order valence-corrected chi connectivity index (χ4v) is 5.39. The minimum atomic E-state index is 0.0280. The number of hydrogen-bond donors (Lipinski definition) is 1. The van der Waals surface area contributed by atoms with Crippen molar-refractivity contribution < 1.29 is 4.79 Å². The Morgan fingerprint density at radius 2 is 0.870 bits per heavy atom. The largest absolute Gasteiger partial charge is 0.309 e. The fraction of sp³-hybridized carbons (Fsp3) is 0.762. The number of hydrogen-bond acceptors (Lipinski definition) is 3. The van der Waals surface area contributed by atoms with Crippen LogP contribution >= 0.6 is 0 Å². The lowest BCUT2D eigenvalue weighted by atomic mass is 10.0. The first-order chi connectivity index (χ1) is 22.6. The highest BCUT2D eigenvalue weighted by Gasteiger charge is 2.05. The van der Waals surface area contributed by atoms with E-state index in [2.05, 4.69) is 73.0 Å². The van der Waals surface area contributed by atoms with Crippen LogP contribution in [0.5, 0.6) is 0 Å². The van der Waals surface area contributed by atoms with Crippen LogP contribution in [0.1, 0.15) is 187 Å². The quantitative estimate of drug-likeness (QED) is 0.0329. The van der Waals surface area contributed by atoms with E-state index in [1.807, 2.05) is 19.0 Å². The molecular formula is C42H77N3O. The summed E-state index contributed by atoms with van der Waals surface area (Å²) in [6, 6.07) is 0. The number of allylic oxidation sites excluding steroid dienone is 8. The zero-order valence-electron chi connectivity index (χ0n) is 31.2. The summed E-state index contributed by atoms with van der Waals surface area (Å²) < 4.78 is 0. The number of amides is 1. The summed E-state index contributed by atoms with van der Waals surface area (Å²) in [4.78, 5) is 14.3. The molecule has 0 rings (SSSR count). The van der Waals surface area contributed by atoms with Gasteiger partial charge >= 0.3 is 0 Å². The molecule has 1 amide bonds. The molecule has 4 heteroatoms. The van der Waals surface area contributed by atoms with Gasteiger partial charge in [-0.15, -0.1) is 0 Å². The third-order valence-corrected chi connectivity index (χ3v) is 8.46. The van der Waals surface area contributed by atoms with Crippen molar-refractivity contribution in [3.8, 4) is 0 Å². The number of hydrazone groups is 1. The smallest absolute Gasteiger partial charge is 0.241 e. The molecule has 0 heterocycles. The molecule has 0 spiro atoms. The topological polar surface area (TPSA) is 44.7 Å². The summed E-state index contributed by atoms with van der Waals surface area (Å²) >= 11 is 0. The molecule has 0 aliphatic rings. The van der Waals surface area contributed by atoms with E-state index < -0.39 is 0 Å². The van der Waals surface area contributed by atoms with Crippen LogP contribution in [0.4, 0.5) is 0 Å². The van der Waals surface area contributed by atoms with Crippen LogP contribution in [0.15, 0.2) is 53.7 Å². The van der Waals surface area contributed by atoms with Crippen molar-refractivity contribution in [1.29, 1.82) is 0 Å². The van der Waals surface area contributed by atoms with E-state index in [4.69, 9.17) is 0 Å². The second kappa shape index (κ2) is 37.5. The SMILES string of the molecule is CCCCC/C=C\C/C=C\CCCCCCCCC(CCCCCCCC/C=C\C/C=C\CCCCC)=NNC(=O)CCN(C)C. The van der Waals surface area contributed by atoms with E-state index in [9.17, 15) is 4.79 Å². The Balaban J connectivity index is 4.06. The molecule has 4 nitrogen and oxygen atoms in total. The predicted octanol–water partition coefficient (Wildman–Crippen LogP) is 12.8. The molecule has 0 atom stereocenters. The van der Waals surface area contributed by atoms with Crippen LogP contribution in [0.2, 0.25) is 0 Å².